The van der Waals surface area contributed by atoms with Gasteiger partial charge in [-0.3, -0.25) is 0 Å². The molecule has 0 bridgehead atoms. The smallest absolute Gasteiger partial charge is 0.172 e. The average molecular weight is 419 g/mol. The molecule has 0 N–H and O–H groups in total. The minimum atomic E-state index is -0.647. The first-order valence-corrected chi connectivity index (χ1v) is 12.2. The molecular weight excluding hydrogens is 384 g/mol. The van der Waals surface area contributed by atoms with Gasteiger partial charge >= 0.3 is 0 Å². The van der Waals surface area contributed by atoms with Gasteiger partial charge in [0, 0.05) is 23.5 Å². The lowest BCUT2D eigenvalue weighted by Crippen LogP contribution is -2.51. The van der Waals surface area contributed by atoms with E-state index in [-0.39, 0.29) is 11.2 Å². The van der Waals surface area contributed by atoms with Crippen LogP contribution in [0.5, 0.6) is 0 Å². The summed E-state index contributed by atoms with van der Waals surface area (Å²) in [5.41, 5.74) is 3.99. The third kappa shape index (κ3) is 3.02. The molecule has 0 aromatic carbocycles. The first-order chi connectivity index (χ1) is 13.9. The van der Waals surface area contributed by atoms with Gasteiger partial charge in [-0.05, 0) is 73.5 Å². The zero-order chi connectivity index (χ0) is 20.3. The van der Waals surface area contributed by atoms with Crippen molar-refractivity contribution in [3.63, 3.8) is 0 Å². The Labute approximate surface area is 179 Å². The van der Waals surface area contributed by atoms with Crippen LogP contribution in [-0.2, 0) is 18.5 Å². The lowest BCUT2D eigenvalue weighted by molar-refractivity contribution is -0.164. The van der Waals surface area contributed by atoms with Gasteiger partial charge in [0.15, 0.2) is 12.1 Å². The quantitative estimate of drug-likeness (QED) is 0.453. The van der Waals surface area contributed by atoms with Gasteiger partial charge in [0.25, 0.3) is 0 Å². The van der Waals surface area contributed by atoms with Crippen LogP contribution in [0.1, 0.15) is 72.1 Å². The molecule has 0 radical (unpaired) electrons. The third-order valence-electron chi connectivity index (χ3n) is 8.41. The SMILES string of the molecule is CC(C)SO[C@]1(C=O)CCC2C3CCC4=C(CCC5(C4)OCCO5)C3=CC[C@@]21C. The van der Waals surface area contributed by atoms with Crippen molar-refractivity contribution in [3.05, 3.63) is 22.8 Å². The van der Waals surface area contributed by atoms with Gasteiger partial charge < -0.3 is 18.5 Å². The second kappa shape index (κ2) is 7.22. The van der Waals surface area contributed by atoms with E-state index in [9.17, 15) is 4.79 Å². The predicted octanol–water partition coefficient (Wildman–Crippen LogP) is 5.38. The van der Waals surface area contributed by atoms with Crippen molar-refractivity contribution in [2.24, 2.45) is 17.3 Å². The number of allylic oxidation sites excluding steroid dienone is 3. The highest BCUT2D eigenvalue weighted by molar-refractivity contribution is 7.95. The Morgan fingerprint density at radius 2 is 2.00 bits per heavy atom. The van der Waals surface area contributed by atoms with E-state index in [2.05, 4.69) is 26.8 Å². The van der Waals surface area contributed by atoms with E-state index in [1.807, 2.05) is 0 Å². The summed E-state index contributed by atoms with van der Waals surface area (Å²) in [7, 11) is 0. The van der Waals surface area contributed by atoms with Crippen molar-refractivity contribution in [1.82, 2.24) is 0 Å². The molecule has 0 amide bonds. The number of carbonyl (C=O) groups is 1. The summed E-state index contributed by atoms with van der Waals surface area (Å²) in [6, 6.07) is 0. The lowest BCUT2D eigenvalue weighted by Gasteiger charge is -2.50. The molecule has 1 heterocycles. The topological polar surface area (TPSA) is 44.8 Å². The van der Waals surface area contributed by atoms with Crippen molar-refractivity contribution in [2.75, 3.05) is 13.2 Å². The molecule has 1 spiro atoms. The molecule has 160 valence electrons. The van der Waals surface area contributed by atoms with Crippen LogP contribution >= 0.6 is 12.0 Å². The Balaban J connectivity index is 1.44. The monoisotopic (exact) mass is 418 g/mol. The largest absolute Gasteiger partial charge is 0.347 e. The molecule has 1 saturated heterocycles. The highest BCUT2D eigenvalue weighted by Crippen LogP contribution is 2.64. The molecule has 1 saturated carbocycles. The van der Waals surface area contributed by atoms with Crippen molar-refractivity contribution in [1.29, 1.82) is 0 Å². The molecule has 2 fully saturated rings. The molecule has 29 heavy (non-hydrogen) atoms. The van der Waals surface area contributed by atoms with Crippen LogP contribution in [0.2, 0.25) is 0 Å². The maximum absolute atomic E-state index is 12.3. The maximum atomic E-state index is 12.3. The van der Waals surface area contributed by atoms with Gasteiger partial charge in [-0.1, -0.05) is 32.4 Å². The fourth-order valence-corrected chi connectivity index (χ4v) is 7.53. The van der Waals surface area contributed by atoms with Crippen LogP contribution in [-0.4, -0.2) is 36.1 Å². The fraction of sp³-hybridized carbons (Fsp3) is 0.792. The number of fused-ring (bicyclic) bond motifs is 4. The third-order valence-corrected chi connectivity index (χ3v) is 9.19. The minimum absolute atomic E-state index is 0.101. The van der Waals surface area contributed by atoms with Crippen molar-refractivity contribution in [3.8, 4) is 0 Å². The zero-order valence-electron chi connectivity index (χ0n) is 18.0. The van der Waals surface area contributed by atoms with Gasteiger partial charge in [-0.2, -0.15) is 0 Å². The van der Waals surface area contributed by atoms with Gasteiger partial charge in [0.1, 0.15) is 5.60 Å². The van der Waals surface area contributed by atoms with Gasteiger partial charge in [-0.15, -0.1) is 0 Å². The standard InChI is InChI=1S/C24H34O4S/c1-16(2)29-28-23(15-25)10-8-21-20-5-4-17-14-24(26-12-13-27-24)11-7-18(17)19(20)6-9-22(21,23)3/h6,15-16,20-21H,4-5,7-14H2,1-3H3/t20?,21?,22-,23-/m0/s1. The molecule has 2 unspecified atom stereocenters. The van der Waals surface area contributed by atoms with Crippen molar-refractivity contribution < 1.29 is 18.5 Å². The van der Waals surface area contributed by atoms with E-state index >= 15 is 0 Å². The number of ether oxygens (including phenoxy) is 2. The average Bonchev–Trinajstić information content (AvgIpc) is 3.28. The highest BCUT2D eigenvalue weighted by Gasteiger charge is 2.62. The van der Waals surface area contributed by atoms with E-state index in [0.717, 1.165) is 64.4 Å². The van der Waals surface area contributed by atoms with Gasteiger partial charge in [-0.25, -0.2) is 0 Å². The van der Waals surface area contributed by atoms with Crippen LogP contribution in [0, 0.1) is 17.3 Å². The molecule has 4 aliphatic carbocycles. The normalized spacial score (nSPS) is 40.6. The van der Waals surface area contributed by atoms with Crippen molar-refractivity contribution >= 4 is 18.3 Å². The summed E-state index contributed by atoms with van der Waals surface area (Å²) in [5.74, 6) is 0.767. The van der Waals surface area contributed by atoms with Gasteiger partial charge in [0.05, 0.1) is 13.2 Å². The first-order valence-electron chi connectivity index (χ1n) is 11.4. The van der Waals surface area contributed by atoms with E-state index < -0.39 is 5.60 Å². The summed E-state index contributed by atoms with van der Waals surface area (Å²) in [5, 5.41) is 0.362. The number of carbonyl (C=O) groups excluding carboxylic acids is 1. The number of hydrogen-bond donors (Lipinski definition) is 0. The Morgan fingerprint density at radius 1 is 1.21 bits per heavy atom. The Hall–Kier alpha value is -0.620. The van der Waals surface area contributed by atoms with Crippen molar-refractivity contribution in [2.45, 2.75) is 88.8 Å². The maximum Gasteiger partial charge on any atom is 0.172 e. The molecule has 5 rings (SSSR count). The second-order valence-corrected chi connectivity index (χ2v) is 11.5. The van der Waals surface area contributed by atoms with E-state index in [4.69, 9.17) is 13.7 Å². The number of hydrogen-bond acceptors (Lipinski definition) is 5. The number of aldehydes is 1. The van der Waals surface area contributed by atoms with E-state index in [1.54, 1.807) is 16.7 Å². The fourth-order valence-electron chi connectivity index (χ4n) is 6.86. The van der Waals surface area contributed by atoms with Crippen LogP contribution < -0.4 is 0 Å². The lowest BCUT2D eigenvalue weighted by atomic mass is 9.56. The summed E-state index contributed by atoms with van der Waals surface area (Å²) in [4.78, 5) is 12.3. The summed E-state index contributed by atoms with van der Waals surface area (Å²) >= 11 is 1.48. The zero-order valence-corrected chi connectivity index (χ0v) is 18.8. The summed E-state index contributed by atoms with van der Waals surface area (Å²) < 4.78 is 18.3. The minimum Gasteiger partial charge on any atom is -0.347 e. The molecule has 0 aromatic heterocycles. The summed E-state index contributed by atoms with van der Waals surface area (Å²) in [6.45, 7) is 8.03. The Morgan fingerprint density at radius 3 is 2.72 bits per heavy atom. The second-order valence-electron chi connectivity index (χ2n) is 10.2. The van der Waals surface area contributed by atoms with Crippen LogP contribution in [0.3, 0.4) is 0 Å². The van der Waals surface area contributed by atoms with E-state index in [1.165, 1.54) is 18.5 Å². The molecule has 4 nitrogen and oxygen atoms in total. The van der Waals surface area contributed by atoms with E-state index in [0.29, 0.717) is 17.1 Å². The molecular formula is C24H34O4S. The summed E-state index contributed by atoms with van der Waals surface area (Å²) in [6.07, 6.45) is 11.8. The van der Waals surface area contributed by atoms with Crippen LogP contribution in [0.25, 0.3) is 0 Å². The predicted molar refractivity (Wildman–Crippen MR) is 114 cm³/mol. The molecule has 4 atom stereocenters. The van der Waals surface area contributed by atoms with Gasteiger partial charge in [0.2, 0.25) is 0 Å². The number of rotatable bonds is 4. The highest BCUT2D eigenvalue weighted by atomic mass is 32.2. The Kier molecular flexibility index (Phi) is 5.05. The van der Waals surface area contributed by atoms with Crippen LogP contribution in [0.15, 0.2) is 22.8 Å². The molecule has 5 aliphatic rings. The van der Waals surface area contributed by atoms with Crippen LogP contribution in [0.4, 0.5) is 0 Å². The molecule has 1 aliphatic heterocycles. The first kappa shape index (κ1) is 20.3. The molecule has 0 aromatic rings. The molecule has 5 heteroatoms. The Bertz CT molecular complexity index is 750.